The van der Waals surface area contributed by atoms with E-state index in [0.29, 0.717) is 35.7 Å². The molecule has 0 aliphatic carbocycles. The molecule has 40 heavy (non-hydrogen) atoms. The number of nitrogens with one attached hydrogen (secondary N) is 4. The number of aliphatic carboxylic acids is 1. The lowest BCUT2D eigenvalue weighted by molar-refractivity contribution is -0.139. The van der Waals surface area contributed by atoms with Crippen molar-refractivity contribution in [2.75, 3.05) is 33.2 Å². The summed E-state index contributed by atoms with van der Waals surface area (Å²) in [4.78, 5) is 45.8. The van der Waals surface area contributed by atoms with Gasteiger partial charge >= 0.3 is 5.97 Å². The van der Waals surface area contributed by atoms with Crippen molar-refractivity contribution in [3.05, 3.63) is 69.0 Å². The molecular formula is C27H31Cl2N7O4. The van der Waals surface area contributed by atoms with Gasteiger partial charge in [-0.3, -0.25) is 20.0 Å². The monoisotopic (exact) mass is 587 g/mol. The molecule has 0 spiro atoms. The number of carboxylic acids is 1. The van der Waals surface area contributed by atoms with E-state index < -0.39 is 23.8 Å². The van der Waals surface area contributed by atoms with Gasteiger partial charge in [-0.25, -0.2) is 4.79 Å². The Morgan fingerprint density at radius 2 is 1.95 bits per heavy atom. The van der Waals surface area contributed by atoms with Crippen LogP contribution in [0.3, 0.4) is 0 Å². The molecule has 0 saturated carbocycles. The van der Waals surface area contributed by atoms with Crippen molar-refractivity contribution in [1.82, 2.24) is 25.8 Å². The number of amides is 2. The average Bonchev–Trinajstić information content (AvgIpc) is 3.47. The molecule has 0 aromatic heterocycles. The molecule has 5 N–H and O–H groups in total. The highest BCUT2D eigenvalue weighted by atomic mass is 35.5. The molecule has 212 valence electrons. The Bertz CT molecular complexity index is 1330. The second kappa shape index (κ2) is 13.0. The zero-order chi connectivity index (χ0) is 28.8. The number of hydrogen-bond acceptors (Lipinski definition) is 6. The first kappa shape index (κ1) is 29.2. The summed E-state index contributed by atoms with van der Waals surface area (Å²) in [5, 5.41) is 26.6. The van der Waals surface area contributed by atoms with E-state index in [9.17, 15) is 19.5 Å². The number of nitrogens with zero attached hydrogens (tertiary/aromatic N) is 3. The zero-order valence-corrected chi connectivity index (χ0v) is 23.5. The first-order valence-corrected chi connectivity index (χ1v) is 13.6. The SMILES string of the molecule is C/N=C(/NC[C@H](NC(=O)c1c(Cl)cc2c(c1Cl)CCN(C(=O)C(=N)/C=C1/C=CC=CN1)C2)C(=O)O)N1CCCC1. The highest BCUT2D eigenvalue weighted by molar-refractivity contribution is 6.42. The number of rotatable bonds is 7. The molecule has 0 radical (unpaired) electrons. The minimum atomic E-state index is -1.26. The van der Waals surface area contributed by atoms with Gasteiger partial charge in [0.15, 0.2) is 5.96 Å². The number of guanidine groups is 1. The highest BCUT2D eigenvalue weighted by Crippen LogP contribution is 2.34. The van der Waals surface area contributed by atoms with Crippen LogP contribution in [0.5, 0.6) is 0 Å². The van der Waals surface area contributed by atoms with Crippen molar-refractivity contribution in [3.63, 3.8) is 0 Å². The number of benzene rings is 1. The van der Waals surface area contributed by atoms with Gasteiger partial charge in [-0.15, -0.1) is 0 Å². The maximum atomic E-state index is 13.2. The van der Waals surface area contributed by atoms with Gasteiger partial charge in [0.05, 0.1) is 15.6 Å². The molecule has 0 unspecified atom stereocenters. The van der Waals surface area contributed by atoms with Crippen molar-refractivity contribution in [2.24, 2.45) is 4.99 Å². The Kier molecular flexibility index (Phi) is 9.49. The van der Waals surface area contributed by atoms with Gasteiger partial charge < -0.3 is 30.9 Å². The number of carbonyl (C=O) groups is 3. The predicted molar refractivity (Wildman–Crippen MR) is 154 cm³/mol. The lowest BCUT2D eigenvalue weighted by Gasteiger charge is -2.30. The van der Waals surface area contributed by atoms with Gasteiger partial charge in [0.2, 0.25) is 0 Å². The lowest BCUT2D eigenvalue weighted by Crippen LogP contribution is -2.51. The Morgan fingerprint density at radius 3 is 2.60 bits per heavy atom. The van der Waals surface area contributed by atoms with E-state index in [-0.39, 0.29) is 34.4 Å². The van der Waals surface area contributed by atoms with Crippen LogP contribution in [0.15, 0.2) is 47.3 Å². The third-order valence-corrected chi connectivity index (χ3v) is 7.58. The predicted octanol–water partition coefficient (Wildman–Crippen LogP) is 2.31. The third kappa shape index (κ3) is 6.65. The summed E-state index contributed by atoms with van der Waals surface area (Å²) in [6.07, 6.45) is 10.9. The number of likely N-dealkylation sites (tertiary alicyclic amines) is 1. The van der Waals surface area contributed by atoms with E-state index in [1.807, 2.05) is 4.90 Å². The van der Waals surface area contributed by atoms with Crippen LogP contribution in [-0.2, 0) is 22.6 Å². The van der Waals surface area contributed by atoms with Crippen LogP contribution in [0.4, 0.5) is 0 Å². The molecule has 1 atom stereocenters. The molecule has 3 aliphatic heterocycles. The minimum Gasteiger partial charge on any atom is -0.480 e. The van der Waals surface area contributed by atoms with Crippen LogP contribution in [0.1, 0.15) is 34.3 Å². The van der Waals surface area contributed by atoms with Gasteiger partial charge in [0.25, 0.3) is 11.8 Å². The maximum absolute atomic E-state index is 13.2. The summed E-state index contributed by atoms with van der Waals surface area (Å²) in [5.74, 6) is -1.80. The number of fused-ring (bicyclic) bond motifs is 1. The molecule has 4 rings (SSSR count). The largest absolute Gasteiger partial charge is 0.480 e. The number of carbonyl (C=O) groups excluding carboxylic acids is 2. The maximum Gasteiger partial charge on any atom is 0.328 e. The van der Waals surface area contributed by atoms with E-state index in [2.05, 4.69) is 20.9 Å². The standard InChI is InChI=1S/C27H31Cl2N7O4/c1-31-27(35-9-4-5-10-35)33-14-21(26(39)40)34-24(37)22-19(28)12-16-15-36(11-7-18(16)23(22)29)25(38)20(30)13-17-6-2-3-8-32-17/h2-3,6,8,12-13,21,30,32H,4-5,7,9-11,14-15H2,1H3,(H,31,33)(H,34,37)(H,39,40)/b17-13-,30-20?/t21-/m0/s1. The van der Waals surface area contributed by atoms with Crippen molar-refractivity contribution >= 4 is 52.7 Å². The number of hydrogen-bond donors (Lipinski definition) is 5. The fourth-order valence-corrected chi connectivity index (χ4v) is 5.57. The topological polar surface area (TPSA) is 150 Å². The molecule has 1 aromatic rings. The summed E-state index contributed by atoms with van der Waals surface area (Å²) in [7, 11) is 1.62. The molecule has 3 aliphatic rings. The summed E-state index contributed by atoms with van der Waals surface area (Å²) in [6.45, 7) is 2.04. The Labute approximate surface area is 242 Å². The molecule has 11 nitrogen and oxygen atoms in total. The van der Waals surface area contributed by atoms with Crippen molar-refractivity contribution in [3.8, 4) is 0 Å². The number of dihydropyridines is 1. The molecule has 2 amide bonds. The second-order valence-corrected chi connectivity index (χ2v) is 10.3. The fourth-order valence-electron chi connectivity index (χ4n) is 4.80. The van der Waals surface area contributed by atoms with E-state index in [1.165, 1.54) is 11.0 Å². The third-order valence-electron chi connectivity index (χ3n) is 6.87. The number of halogens is 2. The van der Waals surface area contributed by atoms with Crippen molar-refractivity contribution < 1.29 is 19.5 Å². The Hall–Kier alpha value is -3.83. The summed E-state index contributed by atoms with van der Waals surface area (Å²) < 4.78 is 0. The molecule has 3 heterocycles. The van der Waals surface area contributed by atoms with Crippen LogP contribution >= 0.6 is 23.2 Å². The van der Waals surface area contributed by atoms with Gasteiger partial charge in [0, 0.05) is 51.7 Å². The average molecular weight is 588 g/mol. The minimum absolute atomic E-state index is 0.0160. The van der Waals surface area contributed by atoms with E-state index in [1.54, 1.807) is 37.5 Å². The Morgan fingerprint density at radius 1 is 1.20 bits per heavy atom. The van der Waals surface area contributed by atoms with Crippen molar-refractivity contribution in [2.45, 2.75) is 31.8 Å². The Balaban J connectivity index is 1.44. The first-order chi connectivity index (χ1) is 19.2. The number of aliphatic imine (C=N–C) groups is 1. The van der Waals surface area contributed by atoms with Crippen LogP contribution < -0.4 is 16.0 Å². The van der Waals surface area contributed by atoms with E-state index in [0.717, 1.165) is 25.9 Å². The van der Waals surface area contributed by atoms with Gasteiger partial charge in [-0.1, -0.05) is 29.3 Å². The normalized spacial score (nSPS) is 18.3. The highest BCUT2D eigenvalue weighted by Gasteiger charge is 2.30. The van der Waals surface area contributed by atoms with Crippen LogP contribution in [0.25, 0.3) is 0 Å². The van der Waals surface area contributed by atoms with Gasteiger partial charge in [-0.05, 0) is 54.7 Å². The number of allylic oxidation sites excluding steroid dienone is 3. The van der Waals surface area contributed by atoms with Crippen LogP contribution in [-0.4, -0.2) is 83.6 Å². The number of carboxylic acid groups (broad SMARTS) is 1. The van der Waals surface area contributed by atoms with Gasteiger partial charge in [-0.2, -0.15) is 0 Å². The van der Waals surface area contributed by atoms with Crippen LogP contribution in [0.2, 0.25) is 10.0 Å². The lowest BCUT2D eigenvalue weighted by atomic mass is 9.96. The summed E-state index contributed by atoms with van der Waals surface area (Å²) in [5.41, 5.74) is 1.76. The molecule has 13 heteroatoms. The molecular weight excluding hydrogens is 557 g/mol. The fraction of sp³-hybridized carbons (Fsp3) is 0.370. The first-order valence-electron chi connectivity index (χ1n) is 12.9. The molecule has 0 bridgehead atoms. The summed E-state index contributed by atoms with van der Waals surface area (Å²) >= 11 is 13.1. The second-order valence-electron chi connectivity index (χ2n) is 9.52. The van der Waals surface area contributed by atoms with E-state index in [4.69, 9.17) is 28.6 Å². The smallest absolute Gasteiger partial charge is 0.328 e. The quantitative estimate of drug-likeness (QED) is 0.242. The van der Waals surface area contributed by atoms with Crippen molar-refractivity contribution in [1.29, 1.82) is 5.41 Å². The van der Waals surface area contributed by atoms with Gasteiger partial charge in [0.1, 0.15) is 11.8 Å². The zero-order valence-electron chi connectivity index (χ0n) is 22.0. The molecule has 1 fully saturated rings. The molecule has 1 saturated heterocycles. The van der Waals surface area contributed by atoms with Crippen LogP contribution in [0, 0.1) is 5.41 Å². The molecule has 1 aromatic carbocycles. The van der Waals surface area contributed by atoms with E-state index >= 15 is 0 Å². The summed E-state index contributed by atoms with van der Waals surface area (Å²) in [6, 6.07) is 0.311.